The van der Waals surface area contributed by atoms with Crippen LogP contribution in [0.1, 0.15) is 18.2 Å². The average Bonchev–Trinajstić information content (AvgIpc) is 3.24. The molecule has 2 heterocycles. The van der Waals surface area contributed by atoms with Crippen LogP contribution in [0.4, 0.5) is 17.1 Å². The maximum atomic E-state index is 12.6. The summed E-state index contributed by atoms with van der Waals surface area (Å²) in [7, 11) is -0.279. The molecule has 1 aliphatic heterocycles. The number of azo groups is 1. The molecule has 0 unspecified atom stereocenters. The maximum Gasteiger partial charge on any atom is 0.330 e. The molecule has 37 heavy (non-hydrogen) atoms. The van der Waals surface area contributed by atoms with E-state index < -0.39 is 46.4 Å². The van der Waals surface area contributed by atoms with Crippen molar-refractivity contribution in [2.75, 3.05) is 25.6 Å². The van der Waals surface area contributed by atoms with Gasteiger partial charge in [0.2, 0.25) is 0 Å². The number of nitrogens with one attached hydrogen (secondary N) is 1. The number of hydrogen-bond acceptors (Lipinski definition) is 10. The lowest BCUT2D eigenvalue weighted by atomic mass is 10.2. The molecule has 0 radical (unpaired) electrons. The minimum absolute atomic E-state index is 0.0248. The molecule has 0 spiro atoms. The average molecular weight is 530 g/mol. The Bertz CT molecular complexity index is 1500. The highest BCUT2D eigenvalue weighted by atomic mass is 32.2. The Morgan fingerprint density at radius 1 is 1.08 bits per heavy atom. The van der Waals surface area contributed by atoms with Gasteiger partial charge in [-0.2, -0.15) is 18.6 Å². The van der Waals surface area contributed by atoms with Crippen molar-refractivity contribution in [2.45, 2.75) is 36.7 Å². The summed E-state index contributed by atoms with van der Waals surface area (Å²) in [5.74, 6) is 0. The smallest absolute Gasteiger partial charge is 0.330 e. The van der Waals surface area contributed by atoms with Crippen LogP contribution in [0, 0.1) is 6.92 Å². The zero-order valence-corrected chi connectivity index (χ0v) is 21.3. The van der Waals surface area contributed by atoms with Crippen molar-refractivity contribution in [3.05, 3.63) is 81.1 Å². The molecule has 3 atom stereocenters. The Labute approximate surface area is 212 Å². The Balaban J connectivity index is 1.37. The molecule has 1 fully saturated rings. The Morgan fingerprint density at radius 2 is 1.68 bits per heavy atom. The second-order valence-corrected chi connectivity index (χ2v) is 10.4. The summed E-state index contributed by atoms with van der Waals surface area (Å²) < 4.78 is 37.2. The fourth-order valence-corrected chi connectivity index (χ4v) is 4.59. The Morgan fingerprint density at radius 3 is 2.27 bits per heavy atom. The van der Waals surface area contributed by atoms with Crippen LogP contribution in [-0.4, -0.2) is 56.0 Å². The monoisotopic (exact) mass is 529 g/mol. The number of aliphatic hydroxyl groups is 1. The van der Waals surface area contributed by atoms with E-state index in [0.717, 1.165) is 10.3 Å². The first-order valence-electron chi connectivity index (χ1n) is 11.4. The van der Waals surface area contributed by atoms with E-state index in [1.165, 1.54) is 37.4 Å². The van der Waals surface area contributed by atoms with Gasteiger partial charge >= 0.3 is 5.69 Å². The van der Waals surface area contributed by atoms with Gasteiger partial charge in [0.1, 0.15) is 12.3 Å². The third-order valence-electron chi connectivity index (χ3n) is 5.82. The van der Waals surface area contributed by atoms with Crippen molar-refractivity contribution in [3.8, 4) is 0 Å². The Kier molecular flexibility index (Phi) is 7.68. The summed E-state index contributed by atoms with van der Waals surface area (Å²) in [4.78, 5) is 27.7. The number of hydrogen-bond donors (Lipinski definition) is 2. The van der Waals surface area contributed by atoms with Crippen LogP contribution in [0.3, 0.4) is 0 Å². The summed E-state index contributed by atoms with van der Waals surface area (Å²) >= 11 is 0. The normalized spacial score (nSPS) is 19.9. The first kappa shape index (κ1) is 26.4. The molecular formula is C24H27N5O7S. The largest absolute Gasteiger partial charge is 0.390 e. The fraction of sp³-hybridized carbons (Fsp3) is 0.333. The van der Waals surface area contributed by atoms with Crippen LogP contribution in [0.15, 0.2) is 79.4 Å². The molecular weight excluding hydrogens is 502 g/mol. The molecule has 2 N–H and O–H groups in total. The van der Waals surface area contributed by atoms with Gasteiger partial charge in [-0.3, -0.25) is 18.5 Å². The van der Waals surface area contributed by atoms with Gasteiger partial charge < -0.3 is 14.7 Å². The van der Waals surface area contributed by atoms with Gasteiger partial charge in [0.15, 0.2) is 0 Å². The van der Waals surface area contributed by atoms with Crippen molar-refractivity contribution in [1.29, 1.82) is 0 Å². The van der Waals surface area contributed by atoms with Crippen molar-refractivity contribution in [1.82, 2.24) is 9.55 Å². The lowest BCUT2D eigenvalue weighted by Crippen LogP contribution is -2.33. The van der Waals surface area contributed by atoms with Gasteiger partial charge in [0.25, 0.3) is 15.7 Å². The highest BCUT2D eigenvalue weighted by molar-refractivity contribution is 7.86. The zero-order valence-electron chi connectivity index (χ0n) is 20.4. The number of rotatable bonds is 8. The molecule has 1 aliphatic rings. The van der Waals surface area contributed by atoms with E-state index in [0.29, 0.717) is 16.9 Å². The molecule has 2 aromatic carbocycles. The van der Waals surface area contributed by atoms with Gasteiger partial charge in [0.05, 0.1) is 29.0 Å². The summed E-state index contributed by atoms with van der Waals surface area (Å²) in [5, 5.41) is 18.6. The van der Waals surface area contributed by atoms with Gasteiger partial charge in [0, 0.05) is 38.0 Å². The molecule has 0 aliphatic carbocycles. The number of benzene rings is 2. The third-order valence-corrected chi connectivity index (χ3v) is 7.12. The van der Waals surface area contributed by atoms with E-state index in [2.05, 4.69) is 15.2 Å². The predicted octanol–water partition coefficient (Wildman–Crippen LogP) is 2.38. The van der Waals surface area contributed by atoms with E-state index in [9.17, 15) is 23.1 Å². The number of aromatic amines is 1. The van der Waals surface area contributed by atoms with Crippen molar-refractivity contribution in [3.63, 3.8) is 0 Å². The van der Waals surface area contributed by atoms with Crippen LogP contribution in [0.2, 0.25) is 0 Å². The number of nitrogens with zero attached hydrogens (tertiary/aromatic N) is 4. The number of ether oxygens (including phenoxy) is 1. The van der Waals surface area contributed by atoms with Gasteiger partial charge in [-0.15, -0.1) is 0 Å². The minimum atomic E-state index is -4.15. The van der Waals surface area contributed by atoms with Crippen LogP contribution in [0.25, 0.3) is 0 Å². The van der Waals surface area contributed by atoms with Gasteiger partial charge in [-0.05, 0) is 55.5 Å². The molecule has 3 aromatic rings. The topological polar surface area (TPSA) is 156 Å². The van der Waals surface area contributed by atoms with E-state index in [1.54, 1.807) is 0 Å². The van der Waals surface area contributed by atoms with E-state index >= 15 is 0 Å². The highest BCUT2D eigenvalue weighted by Crippen LogP contribution is 2.29. The second-order valence-electron chi connectivity index (χ2n) is 8.75. The number of aliphatic hydroxyl groups excluding tert-OH is 1. The molecule has 1 aromatic heterocycles. The maximum absolute atomic E-state index is 12.6. The van der Waals surface area contributed by atoms with E-state index in [-0.39, 0.29) is 11.3 Å². The summed E-state index contributed by atoms with van der Waals surface area (Å²) in [6, 6.07) is 13.1. The number of anilines is 1. The standard InChI is InChI=1S/C24H27N5O7S/c1-15-13-29(24(32)25-23(15)31)22-12-20(30)21(36-22)14-35-37(33,34)19-10-6-17(7-11-19)27-26-16-4-8-18(9-5-16)28(2)3/h4-11,13,20-22,30H,12,14H2,1-3H3,(H,25,31,32)/t20-,21+,22+/m0/s1. The zero-order chi connectivity index (χ0) is 26.7. The molecule has 0 bridgehead atoms. The number of aromatic nitrogens is 2. The third kappa shape index (κ3) is 6.20. The van der Waals surface area contributed by atoms with E-state index in [4.69, 9.17) is 8.92 Å². The summed E-state index contributed by atoms with van der Waals surface area (Å²) in [5.41, 5.74) is 1.22. The Hall–Kier alpha value is -3.65. The lowest BCUT2D eigenvalue weighted by molar-refractivity contribution is -0.0400. The first-order valence-corrected chi connectivity index (χ1v) is 12.8. The summed E-state index contributed by atoms with van der Waals surface area (Å²) in [6.07, 6.45) is -1.59. The SMILES string of the molecule is Cc1cn([C@H]2C[C@H](O)[C@@H](COS(=O)(=O)c3ccc(N=Nc4ccc(N(C)C)cc4)cc3)O2)c(=O)[nH]c1=O. The van der Waals surface area contributed by atoms with Crippen LogP contribution in [-0.2, 0) is 19.0 Å². The summed E-state index contributed by atoms with van der Waals surface area (Å²) in [6.45, 7) is 1.07. The minimum Gasteiger partial charge on any atom is -0.390 e. The molecule has 4 rings (SSSR count). The first-order chi connectivity index (χ1) is 17.5. The number of H-pyrrole nitrogens is 1. The second kappa shape index (κ2) is 10.8. The van der Waals surface area contributed by atoms with Crippen LogP contribution in [0.5, 0.6) is 0 Å². The molecule has 12 nitrogen and oxygen atoms in total. The molecule has 196 valence electrons. The quantitative estimate of drug-likeness (QED) is 0.333. The lowest BCUT2D eigenvalue weighted by Gasteiger charge is -2.16. The van der Waals surface area contributed by atoms with Crippen molar-refractivity contribution in [2.24, 2.45) is 10.2 Å². The number of aryl methyl sites for hydroxylation is 1. The van der Waals surface area contributed by atoms with Crippen LogP contribution < -0.4 is 16.1 Å². The fourth-order valence-electron chi connectivity index (χ4n) is 3.67. The molecule has 0 amide bonds. The van der Waals surface area contributed by atoms with Crippen molar-refractivity contribution >= 4 is 27.2 Å². The van der Waals surface area contributed by atoms with Crippen LogP contribution >= 0.6 is 0 Å². The molecule has 13 heteroatoms. The predicted molar refractivity (Wildman–Crippen MR) is 135 cm³/mol. The molecule has 0 saturated carbocycles. The van der Waals surface area contributed by atoms with Crippen molar-refractivity contribution < 1.29 is 22.4 Å². The van der Waals surface area contributed by atoms with Gasteiger partial charge in [-0.1, -0.05) is 0 Å². The molecule has 1 saturated heterocycles. The highest BCUT2D eigenvalue weighted by Gasteiger charge is 2.37. The van der Waals surface area contributed by atoms with E-state index in [1.807, 2.05) is 43.3 Å². The van der Waals surface area contributed by atoms with Gasteiger partial charge in [-0.25, -0.2) is 4.79 Å².